The van der Waals surface area contributed by atoms with Crippen LogP contribution in [0.1, 0.15) is 19.5 Å². The summed E-state index contributed by atoms with van der Waals surface area (Å²) in [7, 11) is 0. The van der Waals surface area contributed by atoms with Crippen molar-refractivity contribution in [3.8, 4) is 0 Å². The van der Waals surface area contributed by atoms with Crippen molar-refractivity contribution in [1.29, 1.82) is 0 Å². The molecule has 0 aliphatic carbocycles. The predicted octanol–water partition coefficient (Wildman–Crippen LogP) is 2.78. The quantitative estimate of drug-likeness (QED) is 0.724. The van der Waals surface area contributed by atoms with Gasteiger partial charge in [0.05, 0.1) is 17.8 Å². The van der Waals surface area contributed by atoms with Crippen LogP contribution in [0.5, 0.6) is 0 Å². The second-order valence-electron chi connectivity index (χ2n) is 6.14. The normalized spacial score (nSPS) is 12.1. The zero-order valence-corrected chi connectivity index (χ0v) is 14.3. The van der Waals surface area contributed by atoms with Gasteiger partial charge in [0, 0.05) is 11.6 Å². The molecule has 0 aliphatic heterocycles. The van der Waals surface area contributed by atoms with Crippen LogP contribution in [0.15, 0.2) is 55.0 Å². The van der Waals surface area contributed by atoms with E-state index in [9.17, 15) is 4.79 Å². The molecule has 0 saturated carbocycles. The van der Waals surface area contributed by atoms with Crippen LogP contribution in [0.4, 0.5) is 5.82 Å². The van der Waals surface area contributed by atoms with Gasteiger partial charge in [-0.2, -0.15) is 0 Å². The van der Waals surface area contributed by atoms with Crippen LogP contribution < -0.4 is 10.6 Å². The molecule has 0 saturated heterocycles. The first-order chi connectivity index (χ1) is 12.1. The Morgan fingerprint density at radius 2 is 1.84 bits per heavy atom. The lowest BCUT2D eigenvalue weighted by molar-refractivity contribution is -0.122. The number of pyridine rings is 1. The van der Waals surface area contributed by atoms with Crippen molar-refractivity contribution in [2.45, 2.75) is 26.4 Å². The molecule has 2 aromatic heterocycles. The van der Waals surface area contributed by atoms with E-state index in [-0.39, 0.29) is 11.8 Å². The van der Waals surface area contributed by atoms with Gasteiger partial charge >= 0.3 is 0 Å². The predicted molar refractivity (Wildman–Crippen MR) is 97.9 cm³/mol. The van der Waals surface area contributed by atoms with Gasteiger partial charge in [0.2, 0.25) is 5.91 Å². The van der Waals surface area contributed by atoms with Crippen LogP contribution in [-0.2, 0) is 11.3 Å². The van der Waals surface area contributed by atoms with Crippen molar-refractivity contribution in [2.75, 3.05) is 5.32 Å². The maximum absolute atomic E-state index is 12.7. The number of aromatic nitrogens is 3. The number of carbonyl (C=O) groups excluding carboxylic acids is 1. The zero-order chi connectivity index (χ0) is 17.6. The van der Waals surface area contributed by atoms with Crippen LogP contribution >= 0.6 is 0 Å². The Bertz CT molecular complexity index is 845. The number of carbonyl (C=O) groups is 1. The molecule has 0 spiro atoms. The molecular weight excluding hydrogens is 314 g/mol. The average molecular weight is 335 g/mol. The lowest BCUT2D eigenvalue weighted by Crippen LogP contribution is -2.43. The van der Waals surface area contributed by atoms with Crippen LogP contribution in [0.2, 0.25) is 0 Å². The number of amides is 1. The van der Waals surface area contributed by atoms with Gasteiger partial charge in [-0.1, -0.05) is 32.0 Å². The highest BCUT2D eigenvalue weighted by Crippen LogP contribution is 2.20. The number of nitrogens with one attached hydrogen (secondary N) is 2. The minimum Gasteiger partial charge on any atom is -0.358 e. The first-order valence-corrected chi connectivity index (χ1v) is 8.29. The van der Waals surface area contributed by atoms with Gasteiger partial charge in [-0.15, -0.1) is 0 Å². The number of benzene rings is 1. The van der Waals surface area contributed by atoms with Crippen molar-refractivity contribution in [2.24, 2.45) is 5.92 Å². The van der Waals surface area contributed by atoms with Crippen LogP contribution in [0.25, 0.3) is 10.9 Å². The summed E-state index contributed by atoms with van der Waals surface area (Å²) in [4.78, 5) is 25.4. The summed E-state index contributed by atoms with van der Waals surface area (Å²) < 4.78 is 0. The summed E-state index contributed by atoms with van der Waals surface area (Å²) in [6, 6.07) is 13.0. The first kappa shape index (κ1) is 16.8. The molecule has 2 N–H and O–H groups in total. The second kappa shape index (κ2) is 7.70. The third kappa shape index (κ3) is 4.09. The standard InChI is InChI=1S/C19H21N5O/c1-13(2)17(19(25)21-11-14-7-5-6-10-20-14)24-18-15-8-3-4-9-16(15)22-12-23-18/h3-10,12-13,17H,11H2,1-2H3,(H,21,25)(H,22,23,24)/t17-/m0/s1. The maximum Gasteiger partial charge on any atom is 0.243 e. The zero-order valence-electron chi connectivity index (χ0n) is 14.3. The van der Waals surface area contributed by atoms with Crippen molar-refractivity contribution >= 4 is 22.6 Å². The van der Waals surface area contributed by atoms with Gasteiger partial charge in [0.15, 0.2) is 0 Å². The Hall–Kier alpha value is -3.02. The van der Waals surface area contributed by atoms with Gasteiger partial charge in [-0.05, 0) is 30.2 Å². The third-order valence-corrected chi connectivity index (χ3v) is 3.95. The Morgan fingerprint density at radius 1 is 1.04 bits per heavy atom. The van der Waals surface area contributed by atoms with E-state index in [0.29, 0.717) is 12.4 Å². The highest BCUT2D eigenvalue weighted by atomic mass is 16.2. The van der Waals surface area contributed by atoms with Gasteiger partial charge in [0.25, 0.3) is 0 Å². The number of anilines is 1. The molecule has 0 bridgehead atoms. The minimum absolute atomic E-state index is 0.0802. The van der Waals surface area contributed by atoms with Crippen LogP contribution in [0, 0.1) is 5.92 Å². The molecule has 6 nitrogen and oxygen atoms in total. The second-order valence-corrected chi connectivity index (χ2v) is 6.14. The summed E-state index contributed by atoms with van der Waals surface area (Å²) in [6.45, 7) is 4.40. The van der Waals surface area contributed by atoms with E-state index in [2.05, 4.69) is 25.6 Å². The number of hydrogen-bond donors (Lipinski definition) is 2. The fourth-order valence-corrected chi connectivity index (χ4v) is 2.59. The molecule has 0 unspecified atom stereocenters. The highest BCUT2D eigenvalue weighted by molar-refractivity contribution is 5.92. The molecule has 3 aromatic rings. The van der Waals surface area contributed by atoms with E-state index in [1.165, 1.54) is 6.33 Å². The molecule has 25 heavy (non-hydrogen) atoms. The molecule has 1 atom stereocenters. The first-order valence-electron chi connectivity index (χ1n) is 8.29. The van der Waals surface area contributed by atoms with Crippen LogP contribution in [0.3, 0.4) is 0 Å². The van der Waals surface area contributed by atoms with Crippen molar-refractivity contribution in [1.82, 2.24) is 20.3 Å². The fourth-order valence-electron chi connectivity index (χ4n) is 2.59. The highest BCUT2D eigenvalue weighted by Gasteiger charge is 2.23. The molecule has 128 valence electrons. The van der Waals surface area contributed by atoms with E-state index in [4.69, 9.17) is 0 Å². The molecule has 6 heteroatoms. The number of hydrogen-bond acceptors (Lipinski definition) is 5. The smallest absolute Gasteiger partial charge is 0.243 e. The Morgan fingerprint density at radius 3 is 2.60 bits per heavy atom. The Kier molecular flexibility index (Phi) is 5.18. The largest absolute Gasteiger partial charge is 0.358 e. The number of fused-ring (bicyclic) bond motifs is 1. The summed E-state index contributed by atoms with van der Waals surface area (Å²) in [5.74, 6) is 0.679. The van der Waals surface area contributed by atoms with Gasteiger partial charge in [0.1, 0.15) is 18.2 Å². The van der Waals surface area contributed by atoms with E-state index in [1.807, 2.05) is 56.3 Å². The maximum atomic E-state index is 12.7. The number of nitrogens with zero attached hydrogens (tertiary/aromatic N) is 3. The summed E-state index contributed by atoms with van der Waals surface area (Å²) in [5.41, 5.74) is 1.67. The molecule has 0 radical (unpaired) electrons. The SMILES string of the molecule is CC(C)[C@H](Nc1ncnc2ccccc12)C(=O)NCc1ccccn1. The average Bonchev–Trinajstić information content (AvgIpc) is 2.65. The molecule has 1 amide bonds. The third-order valence-electron chi connectivity index (χ3n) is 3.95. The van der Waals surface area contributed by atoms with Crippen molar-refractivity contribution in [3.05, 3.63) is 60.7 Å². The summed E-state index contributed by atoms with van der Waals surface area (Å²) >= 11 is 0. The van der Waals surface area contributed by atoms with E-state index in [1.54, 1.807) is 6.20 Å². The minimum atomic E-state index is -0.401. The molecular formula is C19H21N5O. The fraction of sp³-hybridized carbons (Fsp3) is 0.263. The van der Waals surface area contributed by atoms with Crippen molar-refractivity contribution < 1.29 is 4.79 Å². The molecule has 1 aromatic carbocycles. The lowest BCUT2D eigenvalue weighted by atomic mass is 10.0. The van der Waals surface area contributed by atoms with Crippen molar-refractivity contribution in [3.63, 3.8) is 0 Å². The topological polar surface area (TPSA) is 79.8 Å². The van der Waals surface area contributed by atoms with Crippen LogP contribution in [-0.4, -0.2) is 26.9 Å². The molecule has 2 heterocycles. The monoisotopic (exact) mass is 335 g/mol. The van der Waals surface area contributed by atoms with Gasteiger partial charge < -0.3 is 10.6 Å². The van der Waals surface area contributed by atoms with Gasteiger partial charge in [-0.3, -0.25) is 9.78 Å². The molecule has 0 aliphatic rings. The van der Waals surface area contributed by atoms with E-state index >= 15 is 0 Å². The molecule has 0 fully saturated rings. The van der Waals surface area contributed by atoms with Gasteiger partial charge in [-0.25, -0.2) is 9.97 Å². The summed E-state index contributed by atoms with van der Waals surface area (Å²) in [5, 5.41) is 7.11. The Labute approximate surface area is 146 Å². The Balaban J connectivity index is 1.75. The number of para-hydroxylation sites is 1. The number of rotatable bonds is 6. The molecule has 3 rings (SSSR count). The summed E-state index contributed by atoms with van der Waals surface area (Å²) in [6.07, 6.45) is 3.22. The lowest BCUT2D eigenvalue weighted by Gasteiger charge is -2.22. The van der Waals surface area contributed by atoms with E-state index < -0.39 is 6.04 Å². The van der Waals surface area contributed by atoms with E-state index in [0.717, 1.165) is 16.6 Å².